The molecule has 2 aromatic carbocycles. The summed E-state index contributed by atoms with van der Waals surface area (Å²) in [5.74, 6) is 0. The Hall–Kier alpha value is -2.33. The van der Waals surface area contributed by atoms with Gasteiger partial charge in [-0.05, 0) is 38.0 Å². The van der Waals surface area contributed by atoms with Crippen molar-refractivity contribution < 1.29 is 0 Å². The Balaban J connectivity index is 2.05. The van der Waals surface area contributed by atoms with E-state index in [4.69, 9.17) is 5.73 Å². The van der Waals surface area contributed by atoms with Gasteiger partial charge in [0.1, 0.15) is 0 Å². The zero-order valence-corrected chi connectivity index (χ0v) is 13.7. The number of rotatable bonds is 5. The van der Waals surface area contributed by atoms with Crippen LogP contribution in [0.1, 0.15) is 25.8 Å². The number of para-hydroxylation sites is 2. The summed E-state index contributed by atoms with van der Waals surface area (Å²) < 4.78 is 3.68. The molecule has 0 radical (unpaired) electrons. The third-order valence-electron chi connectivity index (χ3n) is 4.09. The zero-order chi connectivity index (χ0) is 16.4. The van der Waals surface area contributed by atoms with Crippen LogP contribution in [-0.2, 0) is 13.1 Å². The summed E-state index contributed by atoms with van der Waals surface area (Å²) in [4.78, 5) is 12.9. The molecular weight excluding hydrogens is 286 g/mol. The topological polar surface area (TPSA) is 52.9 Å². The second-order valence-corrected chi connectivity index (χ2v) is 6.73. The van der Waals surface area contributed by atoms with Crippen molar-refractivity contribution >= 4 is 11.0 Å². The Kier molecular flexibility index (Phi) is 4.09. The standard InChI is InChI=1S/C19H23N3O/c1-19(2,20)12-13-21-16-10-6-7-11-17(16)22(18(21)23)14-15-8-4-3-5-9-15/h3-11H,12-14,20H2,1-2H3. The molecule has 0 saturated carbocycles. The van der Waals surface area contributed by atoms with Gasteiger partial charge in [-0.2, -0.15) is 0 Å². The number of nitrogens with two attached hydrogens (primary N) is 1. The molecule has 4 nitrogen and oxygen atoms in total. The smallest absolute Gasteiger partial charge is 0.325 e. The lowest BCUT2D eigenvalue weighted by atomic mass is 10.0. The van der Waals surface area contributed by atoms with Gasteiger partial charge in [0.25, 0.3) is 0 Å². The normalized spacial score (nSPS) is 12.0. The molecule has 0 saturated heterocycles. The van der Waals surface area contributed by atoms with Crippen LogP contribution in [0, 0.1) is 0 Å². The van der Waals surface area contributed by atoms with E-state index in [2.05, 4.69) is 0 Å². The molecule has 3 aromatic rings. The number of aromatic nitrogens is 2. The fraction of sp³-hybridized carbons (Fsp3) is 0.316. The SMILES string of the molecule is CC(C)(N)CCn1c(=O)n(Cc2ccccc2)c2ccccc21. The Morgan fingerprint density at radius 2 is 1.48 bits per heavy atom. The minimum Gasteiger partial charge on any atom is -0.325 e. The van der Waals surface area contributed by atoms with Crippen LogP contribution < -0.4 is 11.4 Å². The Labute approximate surface area is 136 Å². The van der Waals surface area contributed by atoms with Crippen LogP contribution in [-0.4, -0.2) is 14.7 Å². The van der Waals surface area contributed by atoms with E-state index >= 15 is 0 Å². The molecule has 1 heterocycles. The highest BCUT2D eigenvalue weighted by molar-refractivity contribution is 5.76. The Morgan fingerprint density at radius 3 is 2.09 bits per heavy atom. The number of imidazole rings is 1. The number of hydrogen-bond donors (Lipinski definition) is 1. The average Bonchev–Trinajstić information content (AvgIpc) is 2.78. The molecule has 0 atom stereocenters. The third-order valence-corrected chi connectivity index (χ3v) is 4.09. The largest absolute Gasteiger partial charge is 0.329 e. The molecule has 2 N–H and O–H groups in total. The fourth-order valence-electron chi connectivity index (χ4n) is 2.81. The molecule has 0 spiro atoms. The number of hydrogen-bond acceptors (Lipinski definition) is 2. The van der Waals surface area contributed by atoms with E-state index in [9.17, 15) is 4.79 Å². The molecule has 23 heavy (non-hydrogen) atoms. The Morgan fingerprint density at radius 1 is 0.913 bits per heavy atom. The predicted molar refractivity (Wildman–Crippen MR) is 94.6 cm³/mol. The maximum absolute atomic E-state index is 12.9. The molecular formula is C19H23N3O. The lowest BCUT2D eigenvalue weighted by Crippen LogP contribution is -2.35. The summed E-state index contributed by atoms with van der Waals surface area (Å²) in [7, 11) is 0. The van der Waals surface area contributed by atoms with Crippen LogP contribution in [0.2, 0.25) is 0 Å². The molecule has 0 aliphatic heterocycles. The maximum atomic E-state index is 12.9. The molecule has 3 rings (SSSR count). The highest BCUT2D eigenvalue weighted by atomic mass is 16.1. The highest BCUT2D eigenvalue weighted by Crippen LogP contribution is 2.16. The van der Waals surface area contributed by atoms with Gasteiger partial charge in [0.15, 0.2) is 0 Å². The first-order chi connectivity index (χ1) is 11.0. The van der Waals surface area contributed by atoms with Crippen molar-refractivity contribution in [1.82, 2.24) is 9.13 Å². The van der Waals surface area contributed by atoms with Gasteiger partial charge in [0, 0.05) is 12.1 Å². The van der Waals surface area contributed by atoms with Crippen LogP contribution in [0.5, 0.6) is 0 Å². The van der Waals surface area contributed by atoms with Crippen LogP contribution >= 0.6 is 0 Å². The van der Waals surface area contributed by atoms with Gasteiger partial charge in [-0.1, -0.05) is 42.5 Å². The number of aryl methyl sites for hydroxylation is 1. The van der Waals surface area contributed by atoms with E-state index in [-0.39, 0.29) is 11.2 Å². The second kappa shape index (κ2) is 6.05. The number of benzene rings is 2. The van der Waals surface area contributed by atoms with Crippen molar-refractivity contribution in [2.75, 3.05) is 0 Å². The van der Waals surface area contributed by atoms with E-state index in [0.29, 0.717) is 13.1 Å². The Bertz CT molecular complexity index is 854. The maximum Gasteiger partial charge on any atom is 0.329 e. The van der Waals surface area contributed by atoms with Crippen LogP contribution in [0.25, 0.3) is 11.0 Å². The minimum absolute atomic E-state index is 0.0271. The van der Waals surface area contributed by atoms with E-state index in [1.54, 1.807) is 0 Å². The molecule has 1 aromatic heterocycles. The number of nitrogens with zero attached hydrogens (tertiary/aromatic N) is 2. The van der Waals surface area contributed by atoms with Crippen molar-refractivity contribution in [3.05, 3.63) is 70.6 Å². The summed E-state index contributed by atoms with van der Waals surface area (Å²) in [6.45, 7) is 5.19. The summed E-state index contributed by atoms with van der Waals surface area (Å²) in [5.41, 5.74) is 8.88. The molecule has 120 valence electrons. The van der Waals surface area contributed by atoms with Crippen molar-refractivity contribution in [1.29, 1.82) is 0 Å². The molecule has 0 aliphatic rings. The average molecular weight is 309 g/mol. The van der Waals surface area contributed by atoms with Gasteiger partial charge >= 0.3 is 5.69 Å². The first-order valence-electron chi connectivity index (χ1n) is 7.96. The van der Waals surface area contributed by atoms with Crippen molar-refractivity contribution in [3.63, 3.8) is 0 Å². The summed E-state index contributed by atoms with van der Waals surface area (Å²) in [5, 5.41) is 0. The molecule has 4 heteroatoms. The van der Waals surface area contributed by atoms with E-state index in [0.717, 1.165) is 23.0 Å². The summed E-state index contributed by atoms with van der Waals surface area (Å²) >= 11 is 0. The molecule has 0 amide bonds. The first-order valence-corrected chi connectivity index (χ1v) is 7.96. The summed E-state index contributed by atoms with van der Waals surface area (Å²) in [6.07, 6.45) is 0.756. The third kappa shape index (κ3) is 3.37. The van der Waals surface area contributed by atoms with Crippen molar-refractivity contribution in [2.24, 2.45) is 5.73 Å². The quantitative estimate of drug-likeness (QED) is 0.788. The van der Waals surface area contributed by atoms with Crippen LogP contribution in [0.3, 0.4) is 0 Å². The number of fused-ring (bicyclic) bond motifs is 1. The van der Waals surface area contributed by atoms with E-state index in [1.165, 1.54) is 0 Å². The van der Waals surface area contributed by atoms with Gasteiger partial charge in [0.05, 0.1) is 17.6 Å². The lowest BCUT2D eigenvalue weighted by Gasteiger charge is -2.18. The van der Waals surface area contributed by atoms with Gasteiger partial charge in [-0.3, -0.25) is 9.13 Å². The summed E-state index contributed by atoms with van der Waals surface area (Å²) in [6, 6.07) is 18.0. The molecule has 0 aliphatic carbocycles. The van der Waals surface area contributed by atoms with Gasteiger partial charge < -0.3 is 5.73 Å². The fourth-order valence-corrected chi connectivity index (χ4v) is 2.81. The highest BCUT2D eigenvalue weighted by Gasteiger charge is 2.16. The second-order valence-electron chi connectivity index (χ2n) is 6.73. The van der Waals surface area contributed by atoms with Gasteiger partial charge in [0.2, 0.25) is 0 Å². The van der Waals surface area contributed by atoms with E-state index in [1.807, 2.05) is 77.6 Å². The lowest BCUT2D eigenvalue weighted by molar-refractivity contribution is 0.434. The monoisotopic (exact) mass is 309 g/mol. The van der Waals surface area contributed by atoms with Crippen molar-refractivity contribution in [2.45, 2.75) is 38.9 Å². The van der Waals surface area contributed by atoms with Gasteiger partial charge in [-0.15, -0.1) is 0 Å². The predicted octanol–water partition coefficient (Wildman–Crippen LogP) is 2.98. The molecule has 0 fully saturated rings. The van der Waals surface area contributed by atoms with Gasteiger partial charge in [-0.25, -0.2) is 4.79 Å². The first kappa shape index (κ1) is 15.6. The van der Waals surface area contributed by atoms with Crippen LogP contribution in [0.15, 0.2) is 59.4 Å². The van der Waals surface area contributed by atoms with Crippen LogP contribution in [0.4, 0.5) is 0 Å². The molecule has 0 bridgehead atoms. The minimum atomic E-state index is -0.290. The molecule has 0 unspecified atom stereocenters. The van der Waals surface area contributed by atoms with Crippen molar-refractivity contribution in [3.8, 4) is 0 Å². The van der Waals surface area contributed by atoms with E-state index < -0.39 is 0 Å². The zero-order valence-electron chi connectivity index (χ0n) is 13.7.